The molecule has 2 N–H and O–H groups in total. The summed E-state index contributed by atoms with van der Waals surface area (Å²) >= 11 is 0. The van der Waals surface area contributed by atoms with Gasteiger partial charge in [-0.25, -0.2) is 9.78 Å². The van der Waals surface area contributed by atoms with E-state index in [1.165, 1.54) is 16.8 Å². The van der Waals surface area contributed by atoms with Crippen molar-refractivity contribution in [2.24, 2.45) is 5.92 Å². The monoisotopic (exact) mass is 399 g/mol. The van der Waals surface area contributed by atoms with Gasteiger partial charge in [0.15, 0.2) is 0 Å². The van der Waals surface area contributed by atoms with E-state index in [0.717, 1.165) is 12.8 Å². The van der Waals surface area contributed by atoms with Gasteiger partial charge in [0.2, 0.25) is 5.91 Å². The van der Waals surface area contributed by atoms with Crippen molar-refractivity contribution in [2.45, 2.75) is 51.6 Å². The van der Waals surface area contributed by atoms with Crippen molar-refractivity contribution in [3.8, 4) is 0 Å². The lowest BCUT2D eigenvalue weighted by Crippen LogP contribution is -2.47. The van der Waals surface area contributed by atoms with Gasteiger partial charge in [-0.05, 0) is 38.2 Å². The largest absolute Gasteiger partial charge is 0.349 e. The van der Waals surface area contributed by atoms with Gasteiger partial charge in [-0.3, -0.25) is 23.9 Å². The van der Waals surface area contributed by atoms with Crippen LogP contribution < -0.4 is 16.6 Å². The molecule has 2 fully saturated rings. The second-order valence-electron chi connectivity index (χ2n) is 7.85. The van der Waals surface area contributed by atoms with Crippen molar-refractivity contribution < 1.29 is 9.59 Å². The molecule has 2 aromatic heterocycles. The molecule has 0 aromatic carbocycles. The van der Waals surface area contributed by atoms with Crippen LogP contribution in [0.15, 0.2) is 21.9 Å². The first-order valence-corrected chi connectivity index (χ1v) is 10.2. The molecule has 1 saturated carbocycles. The molecule has 1 saturated heterocycles. The molecule has 9 heteroatoms. The van der Waals surface area contributed by atoms with Gasteiger partial charge in [-0.2, -0.15) is 0 Å². The van der Waals surface area contributed by atoms with E-state index in [2.05, 4.69) is 15.3 Å². The number of H-pyrrole nitrogens is 1. The Morgan fingerprint density at radius 2 is 1.93 bits per heavy atom. The van der Waals surface area contributed by atoms with E-state index in [-0.39, 0.29) is 40.4 Å². The Morgan fingerprint density at radius 3 is 2.59 bits per heavy atom. The van der Waals surface area contributed by atoms with Crippen molar-refractivity contribution in [3.05, 3.63) is 38.7 Å². The highest BCUT2D eigenvalue weighted by Crippen LogP contribution is 2.31. The third kappa shape index (κ3) is 3.94. The Hall–Kier alpha value is -2.97. The number of carbonyl (C=O) groups excluding carboxylic acids is 2. The summed E-state index contributed by atoms with van der Waals surface area (Å²) in [6.45, 7) is 3.66. The first-order valence-electron chi connectivity index (χ1n) is 10.2. The summed E-state index contributed by atoms with van der Waals surface area (Å²) in [7, 11) is 0. The van der Waals surface area contributed by atoms with Crippen molar-refractivity contribution >= 4 is 22.8 Å². The van der Waals surface area contributed by atoms with E-state index in [9.17, 15) is 19.2 Å². The summed E-state index contributed by atoms with van der Waals surface area (Å²) in [6, 6.07) is 1.46. The van der Waals surface area contributed by atoms with Crippen LogP contribution in [0.1, 0.15) is 49.4 Å². The maximum Gasteiger partial charge on any atom is 0.329 e. The number of amides is 2. The number of aromatic amines is 1. The lowest BCUT2D eigenvalue weighted by atomic mass is 10.0. The minimum atomic E-state index is -0.550. The topological polar surface area (TPSA) is 117 Å². The number of carbonyl (C=O) groups is 2. The number of aryl methyl sites for hydroxylation is 1. The average Bonchev–Trinajstić information content (AvgIpc) is 3.56. The van der Waals surface area contributed by atoms with Crippen molar-refractivity contribution in [2.75, 3.05) is 13.1 Å². The fraction of sp³-hybridized carbons (Fsp3) is 0.550. The molecule has 1 aliphatic heterocycles. The van der Waals surface area contributed by atoms with Gasteiger partial charge < -0.3 is 10.2 Å². The summed E-state index contributed by atoms with van der Waals surface area (Å²) in [5.74, 6) is 0.151. The van der Waals surface area contributed by atoms with Crippen LogP contribution in [0.2, 0.25) is 0 Å². The summed E-state index contributed by atoms with van der Waals surface area (Å²) in [6.07, 6.45) is 5.52. The van der Waals surface area contributed by atoms with Gasteiger partial charge in [0.05, 0.1) is 10.9 Å². The van der Waals surface area contributed by atoms with E-state index in [0.29, 0.717) is 38.9 Å². The van der Waals surface area contributed by atoms with Gasteiger partial charge in [0.25, 0.3) is 11.5 Å². The Bertz CT molecular complexity index is 1060. The zero-order valence-corrected chi connectivity index (χ0v) is 16.4. The Labute approximate surface area is 167 Å². The van der Waals surface area contributed by atoms with Crippen LogP contribution in [0, 0.1) is 5.92 Å². The summed E-state index contributed by atoms with van der Waals surface area (Å²) in [5.41, 5.74) is -0.488. The van der Waals surface area contributed by atoms with Crippen LogP contribution in [-0.2, 0) is 11.3 Å². The van der Waals surface area contributed by atoms with Crippen LogP contribution in [0.4, 0.5) is 0 Å². The number of rotatable bonds is 5. The molecular weight excluding hydrogens is 374 g/mol. The standard InChI is InChI=1S/C20H25N5O4/c1-2-7-25-16-15(18(27)23-20(25)29)10-13(11-21-16)17(26)22-14-5-8-24(9-6-14)19(28)12-3-4-12/h10-12,14H,2-9H2,1H3,(H,22,26)(H,23,27,29). The highest BCUT2D eigenvalue weighted by molar-refractivity contribution is 5.96. The second kappa shape index (κ2) is 7.81. The molecule has 4 rings (SSSR count). The number of hydrogen-bond acceptors (Lipinski definition) is 5. The third-order valence-corrected chi connectivity index (χ3v) is 5.61. The maximum absolute atomic E-state index is 12.7. The molecule has 0 radical (unpaired) electrons. The third-order valence-electron chi connectivity index (χ3n) is 5.61. The minimum Gasteiger partial charge on any atom is -0.349 e. The number of nitrogens with one attached hydrogen (secondary N) is 2. The average molecular weight is 399 g/mol. The van der Waals surface area contributed by atoms with Crippen LogP contribution in [0.25, 0.3) is 11.0 Å². The molecule has 3 heterocycles. The van der Waals surface area contributed by atoms with E-state index in [1.807, 2.05) is 11.8 Å². The molecule has 2 amide bonds. The van der Waals surface area contributed by atoms with Crippen molar-refractivity contribution in [3.63, 3.8) is 0 Å². The molecule has 2 aliphatic rings. The number of fused-ring (bicyclic) bond motifs is 1. The molecule has 0 bridgehead atoms. The number of piperidine rings is 1. The van der Waals surface area contributed by atoms with E-state index >= 15 is 0 Å². The van der Waals surface area contributed by atoms with Crippen LogP contribution in [0.3, 0.4) is 0 Å². The summed E-state index contributed by atoms with van der Waals surface area (Å²) < 4.78 is 1.41. The molecule has 2 aromatic rings. The molecular formula is C20H25N5O4. The molecule has 154 valence electrons. The van der Waals surface area contributed by atoms with E-state index in [4.69, 9.17) is 0 Å². The van der Waals surface area contributed by atoms with Crippen molar-refractivity contribution in [1.29, 1.82) is 0 Å². The smallest absolute Gasteiger partial charge is 0.329 e. The zero-order chi connectivity index (χ0) is 20.5. The quantitative estimate of drug-likeness (QED) is 0.765. The highest BCUT2D eigenvalue weighted by Gasteiger charge is 2.35. The lowest BCUT2D eigenvalue weighted by Gasteiger charge is -2.32. The Kier molecular flexibility index (Phi) is 5.21. The molecule has 0 unspecified atom stereocenters. The summed E-state index contributed by atoms with van der Waals surface area (Å²) in [5, 5.41) is 3.20. The molecule has 0 spiro atoms. The van der Waals surface area contributed by atoms with Gasteiger partial charge in [-0.1, -0.05) is 6.92 Å². The number of aromatic nitrogens is 3. The number of likely N-dealkylation sites (tertiary alicyclic amines) is 1. The Morgan fingerprint density at radius 1 is 1.21 bits per heavy atom. The van der Waals surface area contributed by atoms with Crippen LogP contribution in [0.5, 0.6) is 0 Å². The fourth-order valence-corrected chi connectivity index (χ4v) is 3.82. The first-order chi connectivity index (χ1) is 14.0. The van der Waals surface area contributed by atoms with E-state index < -0.39 is 11.2 Å². The van der Waals surface area contributed by atoms with Crippen molar-refractivity contribution in [1.82, 2.24) is 24.8 Å². The second-order valence-corrected chi connectivity index (χ2v) is 7.85. The fourth-order valence-electron chi connectivity index (χ4n) is 3.82. The van der Waals surface area contributed by atoms with Gasteiger partial charge >= 0.3 is 5.69 Å². The normalized spacial score (nSPS) is 17.5. The Balaban J connectivity index is 1.47. The predicted octanol–water partition coefficient (Wildman–Crippen LogP) is 0.626. The first kappa shape index (κ1) is 19.4. The maximum atomic E-state index is 12.7. The van der Waals surface area contributed by atoms with Crippen LogP contribution in [-0.4, -0.2) is 50.4 Å². The lowest BCUT2D eigenvalue weighted by molar-refractivity contribution is -0.133. The molecule has 9 nitrogen and oxygen atoms in total. The van der Waals surface area contributed by atoms with Gasteiger partial charge in [0.1, 0.15) is 5.65 Å². The number of hydrogen-bond donors (Lipinski definition) is 2. The van der Waals surface area contributed by atoms with E-state index in [1.54, 1.807) is 0 Å². The highest BCUT2D eigenvalue weighted by atomic mass is 16.2. The zero-order valence-electron chi connectivity index (χ0n) is 16.4. The van der Waals surface area contributed by atoms with Crippen LogP contribution >= 0.6 is 0 Å². The predicted molar refractivity (Wildman–Crippen MR) is 107 cm³/mol. The molecule has 0 atom stereocenters. The number of pyridine rings is 1. The van der Waals surface area contributed by atoms with Gasteiger partial charge in [0, 0.05) is 37.8 Å². The number of nitrogens with zero attached hydrogens (tertiary/aromatic N) is 3. The summed E-state index contributed by atoms with van der Waals surface area (Å²) in [4.78, 5) is 57.4. The molecule has 29 heavy (non-hydrogen) atoms. The van der Waals surface area contributed by atoms with Gasteiger partial charge in [-0.15, -0.1) is 0 Å². The SMILES string of the molecule is CCCn1c(=O)[nH]c(=O)c2cc(C(=O)NC3CCN(C(=O)C4CC4)CC3)cnc21. The molecule has 1 aliphatic carbocycles. The minimum absolute atomic E-state index is 0.0196.